The van der Waals surface area contributed by atoms with Crippen LogP contribution in [0.15, 0.2) is 0 Å². The highest BCUT2D eigenvalue weighted by Gasteiger charge is 2.55. The Kier molecular flexibility index (Phi) is 2.47. The minimum atomic E-state index is 0. The molecule has 3 heteroatoms. The number of nitrogens with two attached hydrogens (primary N) is 1. The van der Waals surface area contributed by atoms with E-state index in [1.165, 1.54) is 19.3 Å². The molecule has 11 heavy (non-hydrogen) atoms. The van der Waals surface area contributed by atoms with Gasteiger partial charge in [-0.2, -0.15) is 0 Å². The molecule has 0 aliphatic heterocycles. The summed E-state index contributed by atoms with van der Waals surface area (Å²) >= 11 is 0. The number of aliphatic hydroxyl groups is 1. The van der Waals surface area contributed by atoms with Crippen molar-refractivity contribution in [3.05, 3.63) is 0 Å². The SMILES string of the molecule is Cl.NC1CC(CO)C12CCC2. The quantitative estimate of drug-likeness (QED) is 0.626. The van der Waals surface area contributed by atoms with Crippen LogP contribution in [0.4, 0.5) is 0 Å². The molecule has 1 spiro atoms. The molecule has 66 valence electrons. The molecule has 3 N–H and O–H groups in total. The molecule has 2 nitrogen and oxygen atoms in total. The summed E-state index contributed by atoms with van der Waals surface area (Å²) in [5, 5.41) is 8.95. The predicted molar refractivity (Wildman–Crippen MR) is 46.7 cm³/mol. The monoisotopic (exact) mass is 177 g/mol. The second-order valence-corrected chi connectivity index (χ2v) is 3.81. The Morgan fingerprint density at radius 1 is 1.45 bits per heavy atom. The van der Waals surface area contributed by atoms with Gasteiger partial charge < -0.3 is 10.8 Å². The molecule has 0 bridgehead atoms. The first-order chi connectivity index (χ1) is 4.79. The summed E-state index contributed by atoms with van der Waals surface area (Å²) in [6.07, 6.45) is 4.90. The van der Waals surface area contributed by atoms with Gasteiger partial charge in [-0.25, -0.2) is 0 Å². The van der Waals surface area contributed by atoms with Gasteiger partial charge in [0.25, 0.3) is 0 Å². The van der Waals surface area contributed by atoms with Crippen molar-refractivity contribution in [3.8, 4) is 0 Å². The Bertz CT molecular complexity index is 147. The largest absolute Gasteiger partial charge is 0.396 e. The minimum Gasteiger partial charge on any atom is -0.396 e. The molecule has 0 aromatic rings. The van der Waals surface area contributed by atoms with E-state index in [2.05, 4.69) is 0 Å². The average Bonchev–Trinajstić information content (AvgIpc) is 1.78. The summed E-state index contributed by atoms with van der Waals surface area (Å²) in [6, 6.07) is 0.401. The predicted octanol–water partition coefficient (Wildman–Crippen LogP) is 0.918. The molecule has 0 aromatic carbocycles. The van der Waals surface area contributed by atoms with Crippen LogP contribution >= 0.6 is 12.4 Å². The highest BCUT2D eigenvalue weighted by atomic mass is 35.5. The molecule has 2 rings (SSSR count). The Morgan fingerprint density at radius 2 is 2.09 bits per heavy atom. The Balaban J connectivity index is 0.000000605. The van der Waals surface area contributed by atoms with Crippen molar-refractivity contribution in [1.82, 2.24) is 0 Å². The van der Waals surface area contributed by atoms with E-state index in [1.807, 2.05) is 0 Å². The van der Waals surface area contributed by atoms with Crippen LogP contribution in [0.5, 0.6) is 0 Å². The standard InChI is InChI=1S/C8H15NO.ClH/c9-7-4-6(5-10)8(7)2-1-3-8;/h6-7,10H,1-5,9H2;1H. The molecule has 2 saturated carbocycles. The van der Waals surface area contributed by atoms with Gasteiger partial charge in [0.1, 0.15) is 0 Å². The van der Waals surface area contributed by atoms with Crippen LogP contribution in [0.3, 0.4) is 0 Å². The van der Waals surface area contributed by atoms with Crippen LogP contribution in [0.2, 0.25) is 0 Å². The first-order valence-electron chi connectivity index (χ1n) is 4.16. The number of rotatable bonds is 1. The topological polar surface area (TPSA) is 46.2 Å². The molecule has 0 aromatic heterocycles. The Labute approximate surface area is 73.6 Å². The fourth-order valence-corrected chi connectivity index (χ4v) is 2.54. The van der Waals surface area contributed by atoms with Gasteiger partial charge in [0.15, 0.2) is 0 Å². The van der Waals surface area contributed by atoms with Gasteiger partial charge in [0.2, 0.25) is 0 Å². The highest BCUT2D eigenvalue weighted by molar-refractivity contribution is 5.85. The van der Waals surface area contributed by atoms with Crippen LogP contribution in [-0.4, -0.2) is 17.8 Å². The van der Waals surface area contributed by atoms with Gasteiger partial charge in [0.05, 0.1) is 0 Å². The molecule has 0 heterocycles. The maximum atomic E-state index is 8.95. The van der Waals surface area contributed by atoms with Crippen molar-refractivity contribution in [2.24, 2.45) is 17.1 Å². The molecule has 2 fully saturated rings. The maximum absolute atomic E-state index is 8.95. The Hall–Kier alpha value is 0.210. The molecular weight excluding hydrogens is 162 g/mol. The van der Waals surface area contributed by atoms with Gasteiger partial charge in [-0.05, 0) is 30.6 Å². The van der Waals surface area contributed by atoms with E-state index in [9.17, 15) is 0 Å². The van der Waals surface area contributed by atoms with E-state index in [1.54, 1.807) is 0 Å². The van der Waals surface area contributed by atoms with Gasteiger partial charge in [-0.1, -0.05) is 6.42 Å². The molecule has 0 amide bonds. The first-order valence-corrected chi connectivity index (χ1v) is 4.16. The van der Waals surface area contributed by atoms with Crippen molar-refractivity contribution in [1.29, 1.82) is 0 Å². The third-order valence-corrected chi connectivity index (χ3v) is 3.59. The number of halogens is 1. The molecule has 0 saturated heterocycles. The van der Waals surface area contributed by atoms with Crippen LogP contribution < -0.4 is 5.73 Å². The smallest absolute Gasteiger partial charge is 0.0465 e. The van der Waals surface area contributed by atoms with E-state index in [0.29, 0.717) is 24.0 Å². The van der Waals surface area contributed by atoms with Crippen LogP contribution in [0.25, 0.3) is 0 Å². The van der Waals surface area contributed by atoms with Gasteiger partial charge in [-0.3, -0.25) is 0 Å². The van der Waals surface area contributed by atoms with Crippen molar-refractivity contribution < 1.29 is 5.11 Å². The lowest BCUT2D eigenvalue weighted by Crippen LogP contribution is -2.62. The zero-order chi connectivity index (χ0) is 7.19. The third kappa shape index (κ3) is 1.00. The van der Waals surface area contributed by atoms with E-state index >= 15 is 0 Å². The summed E-state index contributed by atoms with van der Waals surface area (Å²) in [6.45, 7) is 0.355. The van der Waals surface area contributed by atoms with Gasteiger partial charge in [-0.15, -0.1) is 12.4 Å². The molecule has 2 atom stereocenters. The second-order valence-electron chi connectivity index (χ2n) is 3.81. The number of hydrogen-bond acceptors (Lipinski definition) is 2. The fraction of sp³-hybridized carbons (Fsp3) is 1.00. The number of aliphatic hydroxyl groups excluding tert-OH is 1. The molecule has 0 radical (unpaired) electrons. The van der Waals surface area contributed by atoms with E-state index in [0.717, 1.165) is 6.42 Å². The molecular formula is C8H16ClNO. The molecule has 2 unspecified atom stereocenters. The van der Waals surface area contributed by atoms with Crippen LogP contribution in [0, 0.1) is 11.3 Å². The lowest BCUT2D eigenvalue weighted by atomic mass is 9.47. The van der Waals surface area contributed by atoms with Crippen molar-refractivity contribution in [2.75, 3.05) is 6.61 Å². The average molecular weight is 178 g/mol. The van der Waals surface area contributed by atoms with E-state index in [4.69, 9.17) is 10.8 Å². The second kappa shape index (κ2) is 2.92. The van der Waals surface area contributed by atoms with Gasteiger partial charge >= 0.3 is 0 Å². The molecule has 2 aliphatic carbocycles. The lowest BCUT2D eigenvalue weighted by Gasteiger charge is -2.60. The van der Waals surface area contributed by atoms with Crippen molar-refractivity contribution >= 4 is 12.4 Å². The van der Waals surface area contributed by atoms with Crippen LogP contribution in [-0.2, 0) is 0 Å². The summed E-state index contributed by atoms with van der Waals surface area (Å²) in [7, 11) is 0. The number of hydrogen-bond donors (Lipinski definition) is 2. The van der Waals surface area contributed by atoms with Crippen LogP contribution in [0.1, 0.15) is 25.7 Å². The zero-order valence-electron chi connectivity index (χ0n) is 6.62. The normalized spacial score (nSPS) is 38.7. The third-order valence-electron chi connectivity index (χ3n) is 3.59. The zero-order valence-corrected chi connectivity index (χ0v) is 7.44. The fourth-order valence-electron chi connectivity index (χ4n) is 2.54. The summed E-state index contributed by atoms with van der Waals surface area (Å²) in [5.41, 5.74) is 6.27. The summed E-state index contributed by atoms with van der Waals surface area (Å²) < 4.78 is 0. The highest BCUT2D eigenvalue weighted by Crippen LogP contribution is 2.58. The van der Waals surface area contributed by atoms with E-state index < -0.39 is 0 Å². The summed E-state index contributed by atoms with van der Waals surface area (Å²) in [4.78, 5) is 0. The maximum Gasteiger partial charge on any atom is 0.0465 e. The first kappa shape index (κ1) is 9.30. The van der Waals surface area contributed by atoms with Gasteiger partial charge in [0, 0.05) is 12.6 Å². The summed E-state index contributed by atoms with van der Waals surface area (Å²) in [5.74, 6) is 0.538. The van der Waals surface area contributed by atoms with Crippen molar-refractivity contribution in [3.63, 3.8) is 0 Å². The van der Waals surface area contributed by atoms with E-state index in [-0.39, 0.29) is 12.4 Å². The lowest BCUT2D eigenvalue weighted by molar-refractivity contribution is -0.0952. The van der Waals surface area contributed by atoms with Crippen molar-refractivity contribution in [2.45, 2.75) is 31.7 Å². The minimum absolute atomic E-state index is 0. The Morgan fingerprint density at radius 3 is 2.27 bits per heavy atom. The molecule has 2 aliphatic rings.